The number of carbonyl (C=O) groups is 1. The summed E-state index contributed by atoms with van der Waals surface area (Å²) >= 11 is 0. The third-order valence-electron chi connectivity index (χ3n) is 2.86. The van der Waals surface area contributed by atoms with Crippen molar-refractivity contribution in [2.45, 2.75) is 17.9 Å². The molecule has 1 amide bonds. The summed E-state index contributed by atoms with van der Waals surface area (Å²) in [6, 6.07) is 6.64. The summed E-state index contributed by atoms with van der Waals surface area (Å²) in [6.07, 6.45) is -0.878. The van der Waals surface area contributed by atoms with Crippen LogP contribution in [0.25, 0.3) is 0 Å². The first-order chi connectivity index (χ1) is 8.88. The predicted molar refractivity (Wildman–Crippen MR) is 69.3 cm³/mol. The van der Waals surface area contributed by atoms with Crippen LogP contribution in [-0.2, 0) is 14.8 Å². The Bertz CT molecular complexity index is 585. The summed E-state index contributed by atoms with van der Waals surface area (Å²) < 4.78 is 31.5. The summed E-state index contributed by atoms with van der Waals surface area (Å²) in [7, 11) is -1.96. The van der Waals surface area contributed by atoms with Crippen molar-refractivity contribution >= 4 is 16.1 Å². The summed E-state index contributed by atoms with van der Waals surface area (Å²) in [4.78, 5) is 12.8. The van der Waals surface area contributed by atoms with E-state index in [4.69, 9.17) is 4.74 Å². The van der Waals surface area contributed by atoms with Gasteiger partial charge in [-0.15, -0.1) is 0 Å². The highest BCUT2D eigenvalue weighted by Gasteiger charge is 2.29. The van der Waals surface area contributed by atoms with Gasteiger partial charge in [0.2, 0.25) is 10.0 Å². The molecule has 1 fully saturated rings. The molecule has 0 aromatic heterocycles. The first-order valence-corrected chi connectivity index (χ1v) is 7.35. The Kier molecular flexibility index (Phi) is 3.77. The summed E-state index contributed by atoms with van der Waals surface area (Å²) in [5.41, 5.74) is 0.870. The van der Waals surface area contributed by atoms with E-state index in [0.29, 0.717) is 6.54 Å². The second-order valence-electron chi connectivity index (χ2n) is 4.55. The number of nitrogens with one attached hydrogen (secondary N) is 1. The van der Waals surface area contributed by atoms with E-state index in [-0.39, 0.29) is 11.4 Å². The minimum absolute atomic E-state index is 0.0757. The van der Waals surface area contributed by atoms with E-state index in [0.717, 1.165) is 5.56 Å². The molecule has 1 saturated heterocycles. The van der Waals surface area contributed by atoms with Gasteiger partial charge in [-0.25, -0.2) is 17.9 Å². The fraction of sp³-hybridized carbons (Fsp3) is 0.417. The van der Waals surface area contributed by atoms with E-state index in [9.17, 15) is 13.2 Å². The Hall–Kier alpha value is -1.60. The molecule has 1 heterocycles. The largest absolute Gasteiger partial charge is 0.443 e. The van der Waals surface area contributed by atoms with Crippen LogP contribution in [0.4, 0.5) is 4.79 Å². The monoisotopic (exact) mass is 284 g/mol. The lowest BCUT2D eigenvalue weighted by atomic mass is 10.2. The average Bonchev–Trinajstić information content (AvgIpc) is 2.67. The third-order valence-corrected chi connectivity index (χ3v) is 4.28. The van der Waals surface area contributed by atoms with Crippen LogP contribution in [0.5, 0.6) is 0 Å². The van der Waals surface area contributed by atoms with Gasteiger partial charge in [0.05, 0.1) is 11.4 Å². The van der Waals surface area contributed by atoms with Gasteiger partial charge < -0.3 is 9.64 Å². The van der Waals surface area contributed by atoms with Crippen molar-refractivity contribution in [2.24, 2.45) is 0 Å². The molecule has 1 atom stereocenters. The van der Waals surface area contributed by atoms with Gasteiger partial charge >= 0.3 is 6.09 Å². The van der Waals surface area contributed by atoms with Gasteiger partial charge in [-0.2, -0.15) is 0 Å². The Morgan fingerprint density at radius 1 is 1.47 bits per heavy atom. The van der Waals surface area contributed by atoms with Crippen molar-refractivity contribution in [1.82, 2.24) is 9.62 Å². The summed E-state index contributed by atoms with van der Waals surface area (Å²) in [6.45, 7) is 2.29. The number of carbonyl (C=O) groups excluding carboxylic acids is 1. The van der Waals surface area contributed by atoms with Crippen molar-refractivity contribution in [3.8, 4) is 0 Å². The lowest BCUT2D eigenvalue weighted by Gasteiger charge is -2.10. The van der Waals surface area contributed by atoms with Crippen LogP contribution < -0.4 is 4.72 Å². The number of sulfonamides is 1. The van der Waals surface area contributed by atoms with E-state index in [2.05, 4.69) is 4.72 Å². The van der Waals surface area contributed by atoms with Crippen LogP contribution in [-0.4, -0.2) is 45.7 Å². The lowest BCUT2D eigenvalue weighted by molar-refractivity contribution is 0.135. The molecule has 0 bridgehead atoms. The maximum Gasteiger partial charge on any atom is 0.410 e. The second kappa shape index (κ2) is 5.18. The number of hydrogen-bond acceptors (Lipinski definition) is 4. The zero-order valence-electron chi connectivity index (χ0n) is 10.8. The van der Waals surface area contributed by atoms with E-state index in [1.54, 1.807) is 19.2 Å². The standard InChI is InChI=1S/C12H16N2O4S/c1-9-4-3-5-11(6-9)19(16,17)13-7-10-8-14(2)12(15)18-10/h3-6,10,13H,7-8H2,1-2H3. The zero-order valence-corrected chi connectivity index (χ0v) is 11.6. The van der Waals surface area contributed by atoms with Crippen LogP contribution in [0.1, 0.15) is 5.56 Å². The number of benzene rings is 1. The molecule has 19 heavy (non-hydrogen) atoms. The molecule has 7 heteroatoms. The molecule has 0 aliphatic carbocycles. The van der Waals surface area contributed by atoms with Crippen LogP contribution in [0.15, 0.2) is 29.2 Å². The van der Waals surface area contributed by atoms with Gasteiger partial charge in [-0.3, -0.25) is 0 Å². The topological polar surface area (TPSA) is 75.7 Å². The molecular formula is C12H16N2O4S. The minimum atomic E-state index is -3.57. The third kappa shape index (κ3) is 3.24. The fourth-order valence-electron chi connectivity index (χ4n) is 1.82. The van der Waals surface area contributed by atoms with Crippen molar-refractivity contribution in [3.05, 3.63) is 29.8 Å². The molecule has 2 rings (SSSR count). The molecule has 0 saturated carbocycles. The van der Waals surface area contributed by atoms with E-state index < -0.39 is 22.2 Å². The molecule has 1 N–H and O–H groups in total. The lowest BCUT2D eigenvalue weighted by Crippen LogP contribution is -2.34. The highest BCUT2D eigenvalue weighted by Crippen LogP contribution is 2.12. The Labute approximate surface area is 112 Å². The first-order valence-electron chi connectivity index (χ1n) is 5.86. The number of amides is 1. The number of cyclic esters (lactones) is 1. The van der Waals surface area contributed by atoms with E-state index in [1.807, 2.05) is 13.0 Å². The van der Waals surface area contributed by atoms with Gasteiger partial charge in [-0.05, 0) is 24.6 Å². The van der Waals surface area contributed by atoms with Gasteiger partial charge in [0.25, 0.3) is 0 Å². The first kappa shape index (κ1) is 13.8. The Morgan fingerprint density at radius 2 is 2.21 bits per heavy atom. The van der Waals surface area contributed by atoms with Crippen molar-refractivity contribution in [2.75, 3.05) is 20.1 Å². The number of ether oxygens (including phenoxy) is 1. The second-order valence-corrected chi connectivity index (χ2v) is 6.32. The molecule has 1 unspecified atom stereocenters. The molecule has 1 aliphatic heterocycles. The highest BCUT2D eigenvalue weighted by molar-refractivity contribution is 7.89. The van der Waals surface area contributed by atoms with Gasteiger partial charge in [0, 0.05) is 13.6 Å². The van der Waals surface area contributed by atoms with Crippen molar-refractivity contribution < 1.29 is 17.9 Å². The van der Waals surface area contributed by atoms with Crippen molar-refractivity contribution in [3.63, 3.8) is 0 Å². The molecule has 6 nitrogen and oxygen atoms in total. The van der Waals surface area contributed by atoms with E-state index >= 15 is 0 Å². The smallest absolute Gasteiger partial charge is 0.410 e. The van der Waals surface area contributed by atoms with Crippen LogP contribution >= 0.6 is 0 Å². The molecule has 104 valence electrons. The maximum absolute atomic E-state index is 12.0. The molecule has 0 spiro atoms. The average molecular weight is 284 g/mol. The van der Waals surface area contributed by atoms with Crippen LogP contribution in [0, 0.1) is 6.92 Å². The molecule has 1 aromatic rings. The summed E-state index contributed by atoms with van der Waals surface area (Å²) in [5, 5.41) is 0. The van der Waals surface area contributed by atoms with Gasteiger partial charge in [0.15, 0.2) is 0 Å². The highest BCUT2D eigenvalue weighted by atomic mass is 32.2. The number of rotatable bonds is 4. The van der Waals surface area contributed by atoms with Gasteiger partial charge in [0.1, 0.15) is 6.10 Å². The number of aryl methyl sites for hydroxylation is 1. The maximum atomic E-state index is 12.0. The Morgan fingerprint density at radius 3 is 2.79 bits per heavy atom. The molecule has 0 radical (unpaired) electrons. The Balaban J connectivity index is 2.01. The van der Waals surface area contributed by atoms with Crippen LogP contribution in [0.2, 0.25) is 0 Å². The molecular weight excluding hydrogens is 268 g/mol. The zero-order chi connectivity index (χ0) is 14.0. The quantitative estimate of drug-likeness (QED) is 0.884. The SMILES string of the molecule is Cc1cccc(S(=O)(=O)NCC2CN(C)C(=O)O2)c1. The van der Waals surface area contributed by atoms with Gasteiger partial charge in [-0.1, -0.05) is 12.1 Å². The van der Waals surface area contributed by atoms with Crippen LogP contribution in [0.3, 0.4) is 0 Å². The predicted octanol–water partition coefficient (Wildman–Crippen LogP) is 0.724. The number of nitrogens with zero attached hydrogens (tertiary/aromatic N) is 1. The number of hydrogen-bond donors (Lipinski definition) is 1. The normalized spacial score (nSPS) is 19.6. The molecule has 1 aromatic carbocycles. The van der Waals surface area contributed by atoms with E-state index in [1.165, 1.54) is 11.0 Å². The summed E-state index contributed by atoms with van der Waals surface area (Å²) in [5.74, 6) is 0. The minimum Gasteiger partial charge on any atom is -0.443 e. The number of likely N-dealkylation sites (N-methyl/N-ethyl adjacent to an activating group) is 1. The molecule has 1 aliphatic rings. The fourth-order valence-corrected chi connectivity index (χ4v) is 3.00. The van der Waals surface area contributed by atoms with Crippen molar-refractivity contribution in [1.29, 1.82) is 0 Å².